The van der Waals surface area contributed by atoms with Gasteiger partial charge in [-0.2, -0.15) is 0 Å². The maximum atomic E-state index is 11.2. The van der Waals surface area contributed by atoms with Crippen LogP contribution in [0.4, 0.5) is 0 Å². The molecule has 0 saturated carbocycles. The zero-order valence-corrected chi connectivity index (χ0v) is 10.0. The molecule has 6 N–H and O–H groups in total. The van der Waals surface area contributed by atoms with E-state index in [4.69, 9.17) is 16.6 Å². The summed E-state index contributed by atoms with van der Waals surface area (Å²) in [7, 11) is 0. The molecule has 100 valence electrons. The van der Waals surface area contributed by atoms with Gasteiger partial charge >= 0.3 is 5.97 Å². The second-order valence-electron chi connectivity index (χ2n) is 3.66. The SMILES string of the molecule is NCCN(CCN)CCNC(=O)CCC(=O)O. The van der Waals surface area contributed by atoms with Crippen molar-refractivity contribution in [3.8, 4) is 0 Å². The lowest BCUT2D eigenvalue weighted by atomic mass is 10.3. The van der Waals surface area contributed by atoms with Crippen LogP contribution in [0.3, 0.4) is 0 Å². The molecule has 0 fully saturated rings. The summed E-state index contributed by atoms with van der Waals surface area (Å²) in [5.41, 5.74) is 10.9. The molecule has 0 rings (SSSR count). The van der Waals surface area contributed by atoms with Crippen molar-refractivity contribution in [2.45, 2.75) is 12.8 Å². The fourth-order valence-electron chi connectivity index (χ4n) is 1.36. The minimum atomic E-state index is -0.965. The average molecular weight is 246 g/mol. The highest BCUT2D eigenvalue weighted by molar-refractivity contribution is 5.80. The number of carboxylic acid groups (broad SMARTS) is 1. The summed E-state index contributed by atoms with van der Waals surface area (Å²) >= 11 is 0. The number of amides is 1. The van der Waals surface area contributed by atoms with Gasteiger partial charge in [0.05, 0.1) is 6.42 Å². The maximum Gasteiger partial charge on any atom is 0.303 e. The van der Waals surface area contributed by atoms with E-state index in [9.17, 15) is 9.59 Å². The van der Waals surface area contributed by atoms with Crippen LogP contribution in [0, 0.1) is 0 Å². The van der Waals surface area contributed by atoms with Crippen molar-refractivity contribution in [2.75, 3.05) is 39.3 Å². The van der Waals surface area contributed by atoms with Crippen molar-refractivity contribution >= 4 is 11.9 Å². The first-order valence-electron chi connectivity index (χ1n) is 5.71. The van der Waals surface area contributed by atoms with Crippen LogP contribution in [0.15, 0.2) is 0 Å². The van der Waals surface area contributed by atoms with Crippen LogP contribution >= 0.6 is 0 Å². The quantitative estimate of drug-likeness (QED) is 0.360. The van der Waals surface area contributed by atoms with Gasteiger partial charge < -0.3 is 21.9 Å². The molecule has 0 aromatic carbocycles. The molecule has 0 heterocycles. The third kappa shape index (κ3) is 9.73. The monoisotopic (exact) mass is 246 g/mol. The first kappa shape index (κ1) is 15.8. The molecule has 0 aromatic heterocycles. The number of aliphatic carboxylic acids is 1. The van der Waals surface area contributed by atoms with E-state index in [1.165, 1.54) is 0 Å². The van der Waals surface area contributed by atoms with E-state index in [2.05, 4.69) is 10.2 Å². The summed E-state index contributed by atoms with van der Waals surface area (Å²) in [6.45, 7) is 3.73. The van der Waals surface area contributed by atoms with E-state index in [1.54, 1.807) is 0 Å². The topological polar surface area (TPSA) is 122 Å². The number of carboxylic acids is 1. The summed E-state index contributed by atoms with van der Waals surface area (Å²) in [6.07, 6.45) is -0.121. The first-order chi connectivity index (χ1) is 8.10. The summed E-state index contributed by atoms with van der Waals surface area (Å²) in [6, 6.07) is 0. The van der Waals surface area contributed by atoms with Gasteiger partial charge in [0.25, 0.3) is 0 Å². The molecular formula is C10H22N4O3. The molecule has 7 nitrogen and oxygen atoms in total. The highest BCUT2D eigenvalue weighted by atomic mass is 16.4. The van der Waals surface area contributed by atoms with Crippen molar-refractivity contribution < 1.29 is 14.7 Å². The van der Waals surface area contributed by atoms with Gasteiger partial charge in [0, 0.05) is 45.7 Å². The van der Waals surface area contributed by atoms with E-state index in [-0.39, 0.29) is 18.7 Å². The predicted octanol–water partition coefficient (Wildman–Crippen LogP) is -1.81. The number of nitrogens with two attached hydrogens (primary N) is 2. The predicted molar refractivity (Wildman–Crippen MR) is 64.4 cm³/mol. The first-order valence-corrected chi connectivity index (χ1v) is 5.71. The summed E-state index contributed by atoms with van der Waals surface area (Å²) in [5.74, 6) is -1.21. The van der Waals surface area contributed by atoms with E-state index >= 15 is 0 Å². The number of nitrogens with one attached hydrogen (secondary N) is 1. The molecule has 7 heteroatoms. The Hall–Kier alpha value is -1.18. The highest BCUT2D eigenvalue weighted by Gasteiger charge is 2.06. The van der Waals surface area contributed by atoms with Gasteiger partial charge in [-0.05, 0) is 0 Å². The van der Waals surface area contributed by atoms with Crippen molar-refractivity contribution in [3.05, 3.63) is 0 Å². The van der Waals surface area contributed by atoms with Crippen LogP contribution in [-0.2, 0) is 9.59 Å². The van der Waals surface area contributed by atoms with E-state index in [0.717, 1.165) is 13.1 Å². The fourth-order valence-corrected chi connectivity index (χ4v) is 1.36. The van der Waals surface area contributed by atoms with E-state index in [0.29, 0.717) is 26.2 Å². The molecule has 0 aliphatic carbocycles. The fraction of sp³-hybridized carbons (Fsp3) is 0.800. The number of nitrogens with zero attached hydrogens (tertiary/aromatic N) is 1. The van der Waals surface area contributed by atoms with Gasteiger partial charge in [0.2, 0.25) is 5.91 Å². The average Bonchev–Trinajstić information content (AvgIpc) is 2.27. The van der Waals surface area contributed by atoms with Gasteiger partial charge in [-0.25, -0.2) is 0 Å². The lowest BCUT2D eigenvalue weighted by molar-refractivity contribution is -0.138. The Balaban J connectivity index is 3.64. The standard InChI is InChI=1S/C10H22N4O3/c11-3-6-14(7-4-12)8-5-13-9(15)1-2-10(16)17/h1-8,11-12H2,(H,13,15)(H,16,17). The van der Waals surface area contributed by atoms with Gasteiger partial charge in [0.15, 0.2) is 0 Å². The van der Waals surface area contributed by atoms with Gasteiger partial charge in [-0.1, -0.05) is 0 Å². The molecule has 0 aliphatic rings. The van der Waals surface area contributed by atoms with Gasteiger partial charge in [0.1, 0.15) is 0 Å². The maximum absolute atomic E-state index is 11.2. The van der Waals surface area contributed by atoms with Crippen molar-refractivity contribution in [1.82, 2.24) is 10.2 Å². The molecule has 0 aliphatic heterocycles. The molecule has 0 saturated heterocycles. The molecule has 0 bridgehead atoms. The number of rotatable bonds is 10. The Morgan fingerprint density at radius 1 is 1.06 bits per heavy atom. The largest absolute Gasteiger partial charge is 0.481 e. The Labute approximate surface area is 101 Å². The molecule has 1 amide bonds. The van der Waals surface area contributed by atoms with Crippen LogP contribution in [0.5, 0.6) is 0 Å². The van der Waals surface area contributed by atoms with Crippen LogP contribution in [-0.4, -0.2) is 61.2 Å². The Bertz CT molecular complexity index is 230. The molecule has 17 heavy (non-hydrogen) atoms. The Morgan fingerprint density at radius 2 is 1.65 bits per heavy atom. The van der Waals surface area contributed by atoms with Crippen LogP contribution < -0.4 is 16.8 Å². The Morgan fingerprint density at radius 3 is 2.12 bits per heavy atom. The minimum absolute atomic E-state index is 0.0170. The molecule has 0 atom stereocenters. The van der Waals surface area contributed by atoms with Gasteiger partial charge in [-0.3, -0.25) is 14.5 Å². The number of carbonyl (C=O) groups excluding carboxylic acids is 1. The van der Waals surface area contributed by atoms with Crippen molar-refractivity contribution in [3.63, 3.8) is 0 Å². The summed E-state index contributed by atoms with van der Waals surface area (Å²) in [4.78, 5) is 23.5. The molecular weight excluding hydrogens is 224 g/mol. The summed E-state index contributed by atoms with van der Waals surface area (Å²) < 4.78 is 0. The number of carbonyl (C=O) groups is 2. The third-order valence-corrected chi connectivity index (χ3v) is 2.21. The smallest absolute Gasteiger partial charge is 0.303 e. The lowest BCUT2D eigenvalue weighted by Gasteiger charge is -2.20. The van der Waals surface area contributed by atoms with Crippen molar-refractivity contribution in [1.29, 1.82) is 0 Å². The molecule has 0 unspecified atom stereocenters. The highest BCUT2D eigenvalue weighted by Crippen LogP contribution is 1.89. The zero-order valence-electron chi connectivity index (χ0n) is 10.0. The Kier molecular flexibility index (Phi) is 9.31. The van der Waals surface area contributed by atoms with Crippen molar-refractivity contribution in [2.24, 2.45) is 11.5 Å². The lowest BCUT2D eigenvalue weighted by Crippen LogP contribution is -2.39. The van der Waals surface area contributed by atoms with E-state index in [1.807, 2.05) is 0 Å². The molecule has 0 aromatic rings. The minimum Gasteiger partial charge on any atom is -0.481 e. The zero-order chi connectivity index (χ0) is 13.1. The van der Waals surface area contributed by atoms with Crippen LogP contribution in [0.2, 0.25) is 0 Å². The second-order valence-corrected chi connectivity index (χ2v) is 3.66. The van der Waals surface area contributed by atoms with E-state index < -0.39 is 5.97 Å². The number of hydrogen-bond donors (Lipinski definition) is 4. The van der Waals surface area contributed by atoms with Crippen LogP contribution in [0.1, 0.15) is 12.8 Å². The number of hydrogen-bond acceptors (Lipinski definition) is 5. The second kappa shape index (κ2) is 10.0. The summed E-state index contributed by atoms with van der Waals surface area (Å²) in [5, 5.41) is 11.1. The van der Waals surface area contributed by atoms with Gasteiger partial charge in [-0.15, -0.1) is 0 Å². The molecule has 0 spiro atoms. The molecule has 0 radical (unpaired) electrons. The third-order valence-electron chi connectivity index (χ3n) is 2.21. The van der Waals surface area contributed by atoms with Crippen LogP contribution in [0.25, 0.3) is 0 Å². The normalized spacial score (nSPS) is 10.5.